The van der Waals surface area contributed by atoms with Crippen LogP contribution in [0.15, 0.2) is 48.7 Å². The van der Waals surface area contributed by atoms with E-state index in [4.69, 9.17) is 5.73 Å². The minimum absolute atomic E-state index is 0.554. The molecule has 2 N–H and O–H groups in total. The Hall–Kier alpha value is -1.91. The lowest BCUT2D eigenvalue weighted by atomic mass is 10.2. The Bertz CT molecular complexity index is 545. The van der Waals surface area contributed by atoms with Gasteiger partial charge in [-0.1, -0.05) is 36.4 Å². The quantitative estimate of drug-likeness (QED) is 0.930. The molecule has 1 fully saturated rings. The predicted molar refractivity (Wildman–Crippen MR) is 86.1 cm³/mol. The fourth-order valence-electron chi connectivity index (χ4n) is 2.70. The molecular weight excluding hydrogens is 260 g/mol. The first-order valence-electron chi connectivity index (χ1n) is 7.51. The van der Waals surface area contributed by atoms with Crippen molar-refractivity contribution in [2.75, 3.05) is 31.1 Å². The van der Waals surface area contributed by atoms with E-state index in [2.05, 4.69) is 57.2 Å². The van der Waals surface area contributed by atoms with E-state index < -0.39 is 0 Å². The Morgan fingerprint density at radius 1 is 0.905 bits per heavy atom. The second-order valence-electron chi connectivity index (χ2n) is 5.48. The summed E-state index contributed by atoms with van der Waals surface area (Å²) in [4.78, 5) is 9.36. The number of nitrogens with zero attached hydrogens (tertiary/aromatic N) is 3. The summed E-state index contributed by atoms with van der Waals surface area (Å²) in [6.45, 7) is 5.81. The Kier molecular flexibility index (Phi) is 4.48. The highest BCUT2D eigenvalue weighted by molar-refractivity contribution is 5.39. The topological polar surface area (TPSA) is 45.4 Å². The van der Waals surface area contributed by atoms with E-state index >= 15 is 0 Å². The van der Waals surface area contributed by atoms with Crippen LogP contribution < -0.4 is 10.6 Å². The molecule has 0 aliphatic carbocycles. The van der Waals surface area contributed by atoms with Gasteiger partial charge in [-0.05, 0) is 17.2 Å². The lowest BCUT2D eigenvalue weighted by Crippen LogP contribution is -2.46. The number of hydrogen-bond acceptors (Lipinski definition) is 4. The van der Waals surface area contributed by atoms with Crippen LogP contribution in [0.25, 0.3) is 0 Å². The van der Waals surface area contributed by atoms with Gasteiger partial charge in [0.25, 0.3) is 0 Å². The number of nitrogens with two attached hydrogens (primary N) is 1. The molecule has 1 aliphatic heterocycles. The van der Waals surface area contributed by atoms with Crippen molar-refractivity contribution in [3.05, 3.63) is 59.8 Å². The Morgan fingerprint density at radius 3 is 2.29 bits per heavy atom. The second kappa shape index (κ2) is 6.70. The molecule has 1 aromatic heterocycles. The fraction of sp³-hybridized carbons (Fsp3) is 0.353. The molecule has 21 heavy (non-hydrogen) atoms. The second-order valence-corrected chi connectivity index (χ2v) is 5.48. The van der Waals surface area contributed by atoms with Crippen LogP contribution in [0.3, 0.4) is 0 Å². The van der Waals surface area contributed by atoms with Gasteiger partial charge in [-0.3, -0.25) is 4.90 Å². The monoisotopic (exact) mass is 282 g/mol. The van der Waals surface area contributed by atoms with Crippen LogP contribution in [0, 0.1) is 0 Å². The first-order chi connectivity index (χ1) is 10.3. The molecular formula is C17H22N4. The van der Waals surface area contributed by atoms with Crippen molar-refractivity contribution in [1.29, 1.82) is 0 Å². The molecule has 0 amide bonds. The smallest absolute Gasteiger partial charge is 0.128 e. The third kappa shape index (κ3) is 3.60. The molecule has 1 aromatic carbocycles. The molecule has 2 aromatic rings. The van der Waals surface area contributed by atoms with E-state index in [-0.39, 0.29) is 0 Å². The standard InChI is InChI=1S/C17H22N4/c18-12-16-6-7-17(19-13-16)21-10-8-20(9-11-21)14-15-4-2-1-3-5-15/h1-7,13H,8-12,14,18H2. The molecule has 0 saturated carbocycles. The summed E-state index contributed by atoms with van der Waals surface area (Å²) in [7, 11) is 0. The van der Waals surface area contributed by atoms with Crippen LogP contribution in [0.2, 0.25) is 0 Å². The van der Waals surface area contributed by atoms with Crippen LogP contribution in [-0.2, 0) is 13.1 Å². The molecule has 3 rings (SSSR count). The number of aromatic nitrogens is 1. The van der Waals surface area contributed by atoms with Crippen LogP contribution in [0.4, 0.5) is 5.82 Å². The zero-order valence-corrected chi connectivity index (χ0v) is 12.3. The van der Waals surface area contributed by atoms with Gasteiger partial charge in [-0.25, -0.2) is 4.98 Å². The van der Waals surface area contributed by atoms with Gasteiger partial charge < -0.3 is 10.6 Å². The molecule has 2 heterocycles. The van der Waals surface area contributed by atoms with Crippen molar-refractivity contribution in [3.63, 3.8) is 0 Å². The van der Waals surface area contributed by atoms with Crippen molar-refractivity contribution < 1.29 is 0 Å². The van der Waals surface area contributed by atoms with Gasteiger partial charge in [-0.2, -0.15) is 0 Å². The van der Waals surface area contributed by atoms with Crippen LogP contribution >= 0.6 is 0 Å². The Balaban J connectivity index is 1.54. The zero-order chi connectivity index (χ0) is 14.5. The number of pyridine rings is 1. The maximum atomic E-state index is 5.61. The SMILES string of the molecule is NCc1ccc(N2CCN(Cc3ccccc3)CC2)nc1. The lowest BCUT2D eigenvalue weighted by molar-refractivity contribution is 0.249. The van der Waals surface area contributed by atoms with E-state index in [9.17, 15) is 0 Å². The summed E-state index contributed by atoms with van der Waals surface area (Å²) in [6.07, 6.45) is 1.88. The molecule has 0 unspecified atom stereocenters. The average molecular weight is 282 g/mol. The van der Waals surface area contributed by atoms with Crippen molar-refractivity contribution in [2.45, 2.75) is 13.1 Å². The summed E-state index contributed by atoms with van der Waals surface area (Å²) in [5, 5.41) is 0. The van der Waals surface area contributed by atoms with Crippen molar-refractivity contribution >= 4 is 5.82 Å². The summed E-state index contributed by atoms with van der Waals surface area (Å²) in [6, 6.07) is 14.8. The fourth-order valence-corrected chi connectivity index (χ4v) is 2.70. The van der Waals surface area contributed by atoms with Crippen LogP contribution in [-0.4, -0.2) is 36.1 Å². The third-order valence-electron chi connectivity index (χ3n) is 3.99. The van der Waals surface area contributed by atoms with Crippen LogP contribution in [0.5, 0.6) is 0 Å². The summed E-state index contributed by atoms with van der Waals surface area (Å²) in [5.41, 5.74) is 8.08. The minimum Gasteiger partial charge on any atom is -0.354 e. The van der Waals surface area contributed by atoms with Crippen LogP contribution in [0.1, 0.15) is 11.1 Å². The van der Waals surface area contributed by atoms with E-state index in [0.29, 0.717) is 6.54 Å². The number of rotatable bonds is 4. The van der Waals surface area contributed by atoms with E-state index in [1.54, 1.807) is 0 Å². The molecule has 0 atom stereocenters. The number of piperazine rings is 1. The van der Waals surface area contributed by atoms with Crippen molar-refractivity contribution in [1.82, 2.24) is 9.88 Å². The average Bonchev–Trinajstić information content (AvgIpc) is 2.57. The highest BCUT2D eigenvalue weighted by atomic mass is 15.3. The van der Waals surface area contributed by atoms with Gasteiger partial charge >= 0.3 is 0 Å². The van der Waals surface area contributed by atoms with Crippen molar-refractivity contribution in [2.24, 2.45) is 5.73 Å². The minimum atomic E-state index is 0.554. The zero-order valence-electron chi connectivity index (χ0n) is 12.3. The highest BCUT2D eigenvalue weighted by Crippen LogP contribution is 2.15. The summed E-state index contributed by atoms with van der Waals surface area (Å²) < 4.78 is 0. The summed E-state index contributed by atoms with van der Waals surface area (Å²) >= 11 is 0. The third-order valence-corrected chi connectivity index (χ3v) is 3.99. The Labute approximate surface area is 126 Å². The number of anilines is 1. The van der Waals surface area contributed by atoms with Crippen molar-refractivity contribution in [3.8, 4) is 0 Å². The first-order valence-corrected chi connectivity index (χ1v) is 7.51. The van der Waals surface area contributed by atoms with Gasteiger partial charge in [0.15, 0.2) is 0 Å². The van der Waals surface area contributed by atoms with E-state index in [1.807, 2.05) is 6.20 Å². The van der Waals surface area contributed by atoms with E-state index in [1.165, 1.54) is 5.56 Å². The van der Waals surface area contributed by atoms with Gasteiger partial charge in [0.05, 0.1) is 0 Å². The Morgan fingerprint density at radius 2 is 1.67 bits per heavy atom. The molecule has 110 valence electrons. The molecule has 1 saturated heterocycles. The summed E-state index contributed by atoms with van der Waals surface area (Å²) in [5.74, 6) is 1.06. The van der Waals surface area contributed by atoms with Gasteiger partial charge in [0, 0.05) is 45.5 Å². The first kappa shape index (κ1) is 14.0. The molecule has 4 nitrogen and oxygen atoms in total. The maximum absolute atomic E-state index is 5.61. The largest absolute Gasteiger partial charge is 0.354 e. The molecule has 0 radical (unpaired) electrons. The van der Waals surface area contributed by atoms with Gasteiger partial charge in [-0.15, -0.1) is 0 Å². The van der Waals surface area contributed by atoms with E-state index in [0.717, 1.165) is 44.1 Å². The maximum Gasteiger partial charge on any atom is 0.128 e. The molecule has 1 aliphatic rings. The number of hydrogen-bond donors (Lipinski definition) is 1. The van der Waals surface area contributed by atoms with Gasteiger partial charge in [0.2, 0.25) is 0 Å². The molecule has 4 heteroatoms. The normalized spacial score (nSPS) is 16.1. The van der Waals surface area contributed by atoms with Gasteiger partial charge in [0.1, 0.15) is 5.82 Å². The predicted octanol–water partition coefficient (Wildman–Crippen LogP) is 1.86. The number of benzene rings is 1. The molecule has 0 spiro atoms. The molecule has 0 bridgehead atoms. The highest BCUT2D eigenvalue weighted by Gasteiger charge is 2.17. The lowest BCUT2D eigenvalue weighted by Gasteiger charge is -2.35.